The van der Waals surface area contributed by atoms with Crippen molar-refractivity contribution < 1.29 is 14.3 Å². The van der Waals surface area contributed by atoms with Gasteiger partial charge in [0.05, 0.1) is 15.1 Å². The lowest BCUT2D eigenvalue weighted by Crippen LogP contribution is -2.50. The first kappa shape index (κ1) is 24.3. The number of para-hydroxylation sites is 1. The quantitative estimate of drug-likeness (QED) is 0.536. The zero-order valence-electron chi connectivity index (χ0n) is 17.1. The number of carbonyl (C=O) groups excluding carboxylic acids is 2. The van der Waals surface area contributed by atoms with Crippen LogP contribution in [0.15, 0.2) is 42.5 Å². The van der Waals surface area contributed by atoms with Gasteiger partial charge < -0.3 is 15.0 Å². The molecule has 2 aromatic rings. The number of hydrogen-bond acceptors (Lipinski definition) is 3. The van der Waals surface area contributed by atoms with Gasteiger partial charge >= 0.3 is 0 Å². The number of amides is 2. The summed E-state index contributed by atoms with van der Waals surface area (Å²) in [6, 6.07) is 11.3. The first-order chi connectivity index (χ1) is 14.2. The molecule has 2 atom stereocenters. The van der Waals surface area contributed by atoms with Crippen LogP contribution in [0, 0.1) is 0 Å². The highest BCUT2D eigenvalue weighted by Crippen LogP contribution is 2.25. The zero-order valence-corrected chi connectivity index (χ0v) is 19.4. The average molecular weight is 472 g/mol. The van der Waals surface area contributed by atoms with E-state index in [-0.39, 0.29) is 31.0 Å². The summed E-state index contributed by atoms with van der Waals surface area (Å²) in [6.07, 6.45) is 0.787. The van der Waals surface area contributed by atoms with Crippen molar-refractivity contribution >= 4 is 46.6 Å². The molecule has 30 heavy (non-hydrogen) atoms. The van der Waals surface area contributed by atoms with E-state index in [2.05, 4.69) is 5.32 Å². The molecule has 0 unspecified atom stereocenters. The van der Waals surface area contributed by atoms with Gasteiger partial charge in [-0.1, -0.05) is 59.9 Å². The summed E-state index contributed by atoms with van der Waals surface area (Å²) in [5.41, 5.74) is 0.749. The lowest BCUT2D eigenvalue weighted by Gasteiger charge is -2.29. The fourth-order valence-corrected chi connectivity index (χ4v) is 3.18. The molecule has 1 N–H and O–H groups in total. The molecule has 0 aliphatic heterocycles. The normalized spacial score (nSPS) is 12.7. The van der Waals surface area contributed by atoms with Gasteiger partial charge in [0, 0.05) is 12.6 Å². The smallest absolute Gasteiger partial charge is 0.261 e. The van der Waals surface area contributed by atoms with Crippen LogP contribution in [0.2, 0.25) is 15.1 Å². The predicted octanol–water partition coefficient (Wildman–Crippen LogP) is 5.36. The summed E-state index contributed by atoms with van der Waals surface area (Å²) in [5, 5.41) is 4.12. The number of benzene rings is 2. The third kappa shape index (κ3) is 6.79. The fourth-order valence-electron chi connectivity index (χ4n) is 2.67. The SMILES string of the molecule is CC[C@@H](C)NC(=O)[C@@H](C)N(Cc1ccc(Cl)c(Cl)c1)C(=O)COc1ccccc1Cl. The molecule has 5 nitrogen and oxygen atoms in total. The van der Waals surface area contributed by atoms with E-state index in [0.29, 0.717) is 20.8 Å². The first-order valence-electron chi connectivity index (χ1n) is 9.64. The summed E-state index contributed by atoms with van der Waals surface area (Å²) >= 11 is 18.2. The molecule has 2 aromatic carbocycles. The van der Waals surface area contributed by atoms with Crippen LogP contribution in [-0.2, 0) is 16.1 Å². The number of nitrogens with zero attached hydrogens (tertiary/aromatic N) is 1. The Balaban J connectivity index is 2.20. The summed E-state index contributed by atoms with van der Waals surface area (Å²) in [7, 11) is 0. The van der Waals surface area contributed by atoms with Crippen LogP contribution >= 0.6 is 34.8 Å². The Kier molecular flexibility index (Phi) is 9.28. The number of halogens is 3. The largest absolute Gasteiger partial charge is 0.482 e. The van der Waals surface area contributed by atoms with Crippen LogP contribution in [0.25, 0.3) is 0 Å². The Hall–Kier alpha value is -1.95. The topological polar surface area (TPSA) is 58.6 Å². The maximum absolute atomic E-state index is 13.0. The van der Waals surface area contributed by atoms with E-state index in [4.69, 9.17) is 39.5 Å². The lowest BCUT2D eigenvalue weighted by atomic mass is 10.1. The molecule has 0 aromatic heterocycles. The third-order valence-corrected chi connectivity index (χ3v) is 5.74. The minimum Gasteiger partial charge on any atom is -0.482 e. The second-order valence-electron chi connectivity index (χ2n) is 6.98. The van der Waals surface area contributed by atoms with Gasteiger partial charge in [-0.3, -0.25) is 9.59 Å². The molecule has 0 saturated heterocycles. The molecule has 2 amide bonds. The number of hydrogen-bond donors (Lipinski definition) is 1. The molecule has 0 fully saturated rings. The Morgan fingerprint density at radius 2 is 1.73 bits per heavy atom. The molecular weight excluding hydrogens is 447 g/mol. The molecule has 0 radical (unpaired) electrons. The minimum atomic E-state index is -0.712. The summed E-state index contributed by atoms with van der Waals surface area (Å²) < 4.78 is 5.59. The monoisotopic (exact) mass is 470 g/mol. The highest BCUT2D eigenvalue weighted by atomic mass is 35.5. The van der Waals surface area contributed by atoms with Crippen molar-refractivity contribution in [2.75, 3.05) is 6.61 Å². The first-order valence-corrected chi connectivity index (χ1v) is 10.8. The Morgan fingerprint density at radius 3 is 2.37 bits per heavy atom. The highest BCUT2D eigenvalue weighted by molar-refractivity contribution is 6.42. The van der Waals surface area contributed by atoms with E-state index >= 15 is 0 Å². The zero-order chi connectivity index (χ0) is 22.3. The third-order valence-electron chi connectivity index (χ3n) is 4.69. The van der Waals surface area contributed by atoms with Crippen LogP contribution in [-0.4, -0.2) is 35.4 Å². The average Bonchev–Trinajstić information content (AvgIpc) is 2.73. The second kappa shape index (κ2) is 11.4. The van der Waals surface area contributed by atoms with Gasteiger partial charge in [-0.2, -0.15) is 0 Å². The number of nitrogens with one attached hydrogen (secondary N) is 1. The van der Waals surface area contributed by atoms with Gasteiger partial charge in [-0.25, -0.2) is 0 Å². The Labute approximate surface area is 192 Å². The minimum absolute atomic E-state index is 0.00116. The van der Waals surface area contributed by atoms with E-state index < -0.39 is 6.04 Å². The Bertz CT molecular complexity index is 892. The molecule has 162 valence electrons. The lowest BCUT2D eigenvalue weighted by molar-refractivity contribution is -0.142. The van der Waals surface area contributed by atoms with E-state index in [1.807, 2.05) is 13.8 Å². The van der Waals surface area contributed by atoms with Gasteiger partial charge in [-0.15, -0.1) is 0 Å². The molecule has 2 rings (SSSR count). The van der Waals surface area contributed by atoms with Gasteiger partial charge in [-0.05, 0) is 50.1 Å². The van der Waals surface area contributed by atoms with Crippen molar-refractivity contribution in [3.63, 3.8) is 0 Å². The van der Waals surface area contributed by atoms with Gasteiger partial charge in [0.15, 0.2) is 6.61 Å². The van der Waals surface area contributed by atoms with Gasteiger partial charge in [0.25, 0.3) is 5.91 Å². The highest BCUT2D eigenvalue weighted by Gasteiger charge is 2.27. The molecule has 0 bridgehead atoms. The van der Waals surface area contributed by atoms with Crippen molar-refractivity contribution in [3.05, 3.63) is 63.1 Å². The van der Waals surface area contributed by atoms with Crippen LogP contribution in [0.4, 0.5) is 0 Å². The van der Waals surface area contributed by atoms with Gasteiger partial charge in [0.2, 0.25) is 5.91 Å². The molecule has 8 heteroatoms. The summed E-state index contributed by atoms with van der Waals surface area (Å²) in [5.74, 6) is -0.193. The van der Waals surface area contributed by atoms with E-state index in [0.717, 1.165) is 12.0 Å². The van der Waals surface area contributed by atoms with Crippen molar-refractivity contribution in [2.45, 2.75) is 45.8 Å². The Morgan fingerprint density at radius 1 is 1.03 bits per heavy atom. The number of rotatable bonds is 9. The van der Waals surface area contributed by atoms with Crippen LogP contribution in [0.5, 0.6) is 5.75 Å². The van der Waals surface area contributed by atoms with Crippen LogP contribution in [0.1, 0.15) is 32.8 Å². The van der Waals surface area contributed by atoms with Crippen LogP contribution < -0.4 is 10.1 Å². The standard InChI is InChI=1S/C22H25Cl3N2O3/c1-4-14(2)26-22(29)15(3)27(12-16-9-10-17(23)19(25)11-16)21(28)13-30-20-8-6-5-7-18(20)24/h5-11,14-15H,4,12-13H2,1-3H3,(H,26,29)/t14-,15-/m1/s1. The van der Waals surface area contributed by atoms with Gasteiger partial charge in [0.1, 0.15) is 11.8 Å². The fraction of sp³-hybridized carbons (Fsp3) is 0.364. The molecule has 0 aliphatic carbocycles. The molecular formula is C22H25Cl3N2O3. The van der Waals surface area contributed by atoms with Crippen molar-refractivity contribution in [1.29, 1.82) is 0 Å². The van der Waals surface area contributed by atoms with E-state index in [1.54, 1.807) is 49.4 Å². The summed E-state index contributed by atoms with van der Waals surface area (Å²) in [6.45, 7) is 5.49. The van der Waals surface area contributed by atoms with E-state index in [9.17, 15) is 9.59 Å². The number of carbonyl (C=O) groups is 2. The van der Waals surface area contributed by atoms with Crippen LogP contribution in [0.3, 0.4) is 0 Å². The second-order valence-corrected chi connectivity index (χ2v) is 8.20. The number of ether oxygens (including phenoxy) is 1. The predicted molar refractivity (Wildman–Crippen MR) is 121 cm³/mol. The maximum atomic E-state index is 13.0. The summed E-state index contributed by atoms with van der Waals surface area (Å²) in [4.78, 5) is 27.1. The van der Waals surface area contributed by atoms with Crippen molar-refractivity contribution in [2.24, 2.45) is 0 Å². The van der Waals surface area contributed by atoms with E-state index in [1.165, 1.54) is 4.90 Å². The van der Waals surface area contributed by atoms with Crippen molar-refractivity contribution in [3.8, 4) is 5.75 Å². The maximum Gasteiger partial charge on any atom is 0.261 e. The van der Waals surface area contributed by atoms with Crippen molar-refractivity contribution in [1.82, 2.24) is 10.2 Å². The molecule has 0 heterocycles. The molecule has 0 spiro atoms. The molecule has 0 aliphatic rings. The molecule has 0 saturated carbocycles.